The van der Waals surface area contributed by atoms with E-state index >= 15 is 0 Å². The van der Waals surface area contributed by atoms with E-state index in [9.17, 15) is 9.90 Å². The van der Waals surface area contributed by atoms with Gasteiger partial charge in [0.05, 0.1) is 21.2 Å². The third-order valence-corrected chi connectivity index (χ3v) is 4.82. The van der Waals surface area contributed by atoms with Crippen molar-refractivity contribution in [2.75, 3.05) is 5.32 Å². The van der Waals surface area contributed by atoms with Crippen molar-refractivity contribution in [3.63, 3.8) is 0 Å². The molecule has 0 aliphatic carbocycles. The van der Waals surface area contributed by atoms with Crippen LogP contribution in [0.1, 0.15) is 6.92 Å². The van der Waals surface area contributed by atoms with Crippen molar-refractivity contribution in [1.29, 1.82) is 0 Å². The second kappa shape index (κ2) is 7.58. The smallest absolute Gasteiger partial charge is 0.298 e. The normalized spacial score (nSPS) is 11.9. The molecule has 0 aliphatic heterocycles. The predicted octanol–water partition coefficient (Wildman–Crippen LogP) is 2.80. The van der Waals surface area contributed by atoms with Crippen LogP contribution in [0.2, 0.25) is 5.02 Å². The van der Waals surface area contributed by atoms with Crippen LogP contribution in [0.25, 0.3) is 5.69 Å². The SMILES string of the molecule is CC(Sc1c([O-])on[n+]1-c1ccccc1)C(=O)Nc1ccccc1Cl. The highest BCUT2D eigenvalue weighted by molar-refractivity contribution is 8.00. The first-order valence-electron chi connectivity index (χ1n) is 7.43. The second-order valence-electron chi connectivity index (χ2n) is 5.14. The lowest BCUT2D eigenvalue weighted by molar-refractivity contribution is -0.705. The van der Waals surface area contributed by atoms with E-state index < -0.39 is 11.2 Å². The minimum absolute atomic E-state index is 0.230. The summed E-state index contributed by atoms with van der Waals surface area (Å²) in [6.45, 7) is 1.69. The molecule has 0 saturated carbocycles. The fourth-order valence-corrected chi connectivity index (χ4v) is 3.15. The van der Waals surface area contributed by atoms with Crippen LogP contribution in [0.15, 0.2) is 64.1 Å². The molecule has 2 aromatic carbocycles. The highest BCUT2D eigenvalue weighted by Crippen LogP contribution is 2.29. The van der Waals surface area contributed by atoms with Crippen molar-refractivity contribution < 1.29 is 19.1 Å². The Labute approximate surface area is 153 Å². The number of hydrogen-bond donors (Lipinski definition) is 1. The number of benzene rings is 2. The summed E-state index contributed by atoms with van der Waals surface area (Å²) in [5, 5.41) is 18.6. The molecular formula is C17H14ClN3O3S. The number of nitrogens with zero attached hydrogens (tertiary/aromatic N) is 2. The van der Waals surface area contributed by atoms with E-state index in [1.807, 2.05) is 18.2 Å². The number of rotatable bonds is 5. The Morgan fingerprint density at radius 1 is 1.24 bits per heavy atom. The molecule has 1 unspecified atom stereocenters. The number of para-hydroxylation sites is 2. The summed E-state index contributed by atoms with van der Waals surface area (Å²) in [4.78, 5) is 12.4. The van der Waals surface area contributed by atoms with Gasteiger partial charge in [0.25, 0.3) is 5.03 Å². The molecule has 25 heavy (non-hydrogen) atoms. The zero-order valence-corrected chi connectivity index (χ0v) is 14.8. The fourth-order valence-electron chi connectivity index (χ4n) is 2.09. The molecule has 1 heterocycles. The number of nitrogens with one attached hydrogen (secondary N) is 1. The lowest BCUT2D eigenvalue weighted by Crippen LogP contribution is -2.36. The van der Waals surface area contributed by atoms with Crippen LogP contribution < -0.4 is 15.1 Å². The maximum Gasteiger partial charge on any atom is 0.298 e. The van der Waals surface area contributed by atoms with E-state index in [-0.39, 0.29) is 10.9 Å². The number of aromatic nitrogens is 2. The lowest BCUT2D eigenvalue weighted by atomic mass is 10.3. The molecule has 8 heteroatoms. The second-order valence-corrected chi connectivity index (χ2v) is 6.88. The standard InChI is InChI=1S/C17H14ClN3O3S/c1-11(15(22)19-14-10-6-5-9-13(14)18)25-16-17(23)24-20-21(16)12-7-3-2-4-8-12/h2-11H,1H3,(H-,19,20,22,23). The summed E-state index contributed by atoms with van der Waals surface area (Å²) >= 11 is 7.12. The first kappa shape index (κ1) is 17.3. The summed E-state index contributed by atoms with van der Waals surface area (Å²) in [6.07, 6.45) is 0. The van der Waals surface area contributed by atoms with Gasteiger partial charge in [0.1, 0.15) is 0 Å². The van der Waals surface area contributed by atoms with Gasteiger partial charge in [-0.05, 0) is 35.5 Å². The first-order chi connectivity index (χ1) is 12.1. The zero-order chi connectivity index (χ0) is 17.8. The molecular weight excluding hydrogens is 362 g/mol. The van der Waals surface area contributed by atoms with Crippen molar-refractivity contribution in [2.45, 2.75) is 17.2 Å². The molecule has 0 bridgehead atoms. The summed E-state index contributed by atoms with van der Waals surface area (Å²) in [5.41, 5.74) is 1.19. The molecule has 0 radical (unpaired) electrons. The maximum absolute atomic E-state index is 12.4. The predicted molar refractivity (Wildman–Crippen MR) is 92.9 cm³/mol. The lowest BCUT2D eigenvalue weighted by Gasteiger charge is -2.11. The summed E-state index contributed by atoms with van der Waals surface area (Å²) < 4.78 is 6.13. The van der Waals surface area contributed by atoms with Gasteiger partial charge in [-0.1, -0.05) is 41.9 Å². The summed E-state index contributed by atoms with van der Waals surface area (Å²) in [6, 6.07) is 16.0. The third kappa shape index (κ3) is 3.94. The van der Waals surface area contributed by atoms with Crippen molar-refractivity contribution in [3.8, 4) is 11.6 Å². The highest BCUT2D eigenvalue weighted by Gasteiger charge is 2.26. The van der Waals surface area contributed by atoms with E-state index in [0.29, 0.717) is 16.4 Å². The van der Waals surface area contributed by atoms with Crippen LogP contribution in [0.3, 0.4) is 0 Å². The van der Waals surface area contributed by atoms with Crippen molar-refractivity contribution in [3.05, 3.63) is 59.6 Å². The zero-order valence-electron chi connectivity index (χ0n) is 13.2. The first-order valence-corrected chi connectivity index (χ1v) is 8.68. The topological polar surface area (TPSA) is 82.1 Å². The quantitative estimate of drug-likeness (QED) is 0.547. The minimum Gasteiger partial charge on any atom is -0.538 e. The molecule has 1 amide bonds. The Bertz CT molecular complexity index is 886. The van der Waals surface area contributed by atoms with Gasteiger partial charge in [-0.3, -0.25) is 4.79 Å². The van der Waals surface area contributed by atoms with Gasteiger partial charge in [0, 0.05) is 12.1 Å². The van der Waals surface area contributed by atoms with Crippen LogP contribution in [0.4, 0.5) is 5.69 Å². The minimum atomic E-state index is -0.591. The Balaban J connectivity index is 1.77. The molecule has 0 saturated heterocycles. The van der Waals surface area contributed by atoms with Crippen molar-refractivity contribution in [1.82, 2.24) is 5.27 Å². The third-order valence-electron chi connectivity index (χ3n) is 3.36. The summed E-state index contributed by atoms with van der Waals surface area (Å²) in [7, 11) is 0. The number of hydrogen-bond acceptors (Lipinski definition) is 5. The molecule has 3 aromatic rings. The van der Waals surface area contributed by atoms with E-state index in [0.717, 1.165) is 11.8 Å². The monoisotopic (exact) mass is 375 g/mol. The number of carbonyl (C=O) groups is 1. The molecule has 0 fully saturated rings. The largest absolute Gasteiger partial charge is 0.538 e. The van der Waals surface area contributed by atoms with Crippen molar-refractivity contribution >= 4 is 35.0 Å². The van der Waals surface area contributed by atoms with Gasteiger partial charge >= 0.3 is 0 Å². The van der Waals surface area contributed by atoms with Crippen LogP contribution >= 0.6 is 23.4 Å². The van der Waals surface area contributed by atoms with Gasteiger partial charge in [-0.2, -0.15) is 0 Å². The van der Waals surface area contributed by atoms with E-state index in [1.54, 1.807) is 43.3 Å². The number of halogens is 1. The van der Waals surface area contributed by atoms with Crippen LogP contribution in [0.5, 0.6) is 5.95 Å². The molecule has 6 nitrogen and oxygen atoms in total. The van der Waals surface area contributed by atoms with E-state index in [1.165, 1.54) is 4.68 Å². The summed E-state index contributed by atoms with van der Waals surface area (Å²) in [5.74, 6) is -0.871. The molecule has 128 valence electrons. The number of thioether (sulfide) groups is 1. The van der Waals surface area contributed by atoms with Crippen molar-refractivity contribution in [2.24, 2.45) is 0 Å². The Morgan fingerprint density at radius 2 is 1.92 bits per heavy atom. The Morgan fingerprint density at radius 3 is 2.64 bits per heavy atom. The number of amides is 1. The van der Waals surface area contributed by atoms with E-state index in [2.05, 4.69) is 10.6 Å². The highest BCUT2D eigenvalue weighted by atomic mass is 35.5. The number of carbonyl (C=O) groups excluding carboxylic acids is 1. The van der Waals surface area contributed by atoms with Gasteiger partial charge < -0.3 is 14.9 Å². The molecule has 1 atom stereocenters. The van der Waals surface area contributed by atoms with Crippen LogP contribution in [-0.2, 0) is 4.79 Å². The average molecular weight is 376 g/mol. The molecule has 1 N–H and O–H groups in total. The van der Waals surface area contributed by atoms with Gasteiger partial charge in [0.2, 0.25) is 11.6 Å². The Kier molecular flexibility index (Phi) is 5.25. The van der Waals surface area contributed by atoms with Crippen LogP contribution in [-0.4, -0.2) is 16.4 Å². The van der Waals surface area contributed by atoms with Gasteiger partial charge in [-0.15, -0.1) is 0 Å². The molecule has 0 aliphatic rings. The van der Waals surface area contributed by atoms with Gasteiger partial charge in [-0.25, -0.2) is 0 Å². The molecule has 3 rings (SSSR count). The Hall–Kier alpha value is -2.51. The molecule has 1 aromatic heterocycles. The number of anilines is 1. The maximum atomic E-state index is 12.4. The average Bonchev–Trinajstić information content (AvgIpc) is 2.98. The van der Waals surface area contributed by atoms with Gasteiger partial charge in [0.15, 0.2) is 5.95 Å². The van der Waals surface area contributed by atoms with E-state index in [4.69, 9.17) is 16.1 Å². The molecule has 0 spiro atoms. The fraction of sp³-hybridized carbons (Fsp3) is 0.118. The van der Waals surface area contributed by atoms with Crippen LogP contribution in [0, 0.1) is 0 Å².